The maximum atomic E-state index is 13.0. The predicted molar refractivity (Wildman–Crippen MR) is 164 cm³/mol. The molecule has 4 rings (SSSR count). The first-order chi connectivity index (χ1) is 21.3. The lowest BCUT2D eigenvalue weighted by atomic mass is 10.1. The van der Waals surface area contributed by atoms with Gasteiger partial charge in [-0.15, -0.1) is 0 Å². The van der Waals surface area contributed by atoms with E-state index >= 15 is 0 Å². The van der Waals surface area contributed by atoms with E-state index in [1.807, 2.05) is 34.5 Å². The highest BCUT2D eigenvalue weighted by atomic mass is 32.2. The minimum absolute atomic E-state index is 0.0757. The summed E-state index contributed by atoms with van der Waals surface area (Å²) in [6.45, 7) is 5.16. The molecule has 44 heavy (non-hydrogen) atoms. The SMILES string of the molecule is CCN1C(=O)C(CNc2cccc(OCC(=O)N3CCN(Cc4ccccc4)CC3)c2)S/C1=C\C(C#N)C(=O)NCC(F)F. The number of hydrogen-bond donors (Lipinski definition) is 2. The van der Waals surface area contributed by atoms with E-state index in [9.17, 15) is 28.4 Å². The zero-order chi connectivity index (χ0) is 31.5. The molecule has 2 fully saturated rings. The topological polar surface area (TPSA) is 118 Å². The molecule has 13 heteroatoms. The average molecular weight is 627 g/mol. The molecule has 0 aromatic heterocycles. The summed E-state index contributed by atoms with van der Waals surface area (Å²) < 4.78 is 30.7. The van der Waals surface area contributed by atoms with Crippen LogP contribution in [-0.2, 0) is 20.9 Å². The van der Waals surface area contributed by atoms with Crippen molar-refractivity contribution in [3.8, 4) is 11.8 Å². The molecule has 0 aliphatic carbocycles. The Morgan fingerprint density at radius 2 is 1.89 bits per heavy atom. The summed E-state index contributed by atoms with van der Waals surface area (Å²) in [5.74, 6) is -1.90. The number of amides is 3. The van der Waals surface area contributed by atoms with Crippen LogP contribution in [0.2, 0.25) is 0 Å². The zero-order valence-corrected chi connectivity index (χ0v) is 25.3. The lowest BCUT2D eigenvalue weighted by Crippen LogP contribution is -2.49. The van der Waals surface area contributed by atoms with Gasteiger partial charge in [0.1, 0.15) is 16.9 Å². The Morgan fingerprint density at radius 3 is 2.57 bits per heavy atom. The lowest BCUT2D eigenvalue weighted by Gasteiger charge is -2.34. The first-order valence-corrected chi connectivity index (χ1v) is 15.3. The van der Waals surface area contributed by atoms with Gasteiger partial charge in [0.25, 0.3) is 12.3 Å². The maximum Gasteiger partial charge on any atom is 0.260 e. The fraction of sp³-hybridized carbons (Fsp3) is 0.419. The van der Waals surface area contributed by atoms with E-state index < -0.39 is 30.0 Å². The molecule has 10 nitrogen and oxygen atoms in total. The van der Waals surface area contributed by atoms with Gasteiger partial charge in [0, 0.05) is 57.6 Å². The monoisotopic (exact) mass is 626 g/mol. The molecule has 0 radical (unpaired) electrons. The number of anilines is 1. The summed E-state index contributed by atoms with van der Waals surface area (Å²) in [7, 11) is 0. The van der Waals surface area contributed by atoms with Crippen molar-refractivity contribution >= 4 is 35.2 Å². The molecule has 2 aromatic carbocycles. The first-order valence-electron chi connectivity index (χ1n) is 14.4. The van der Waals surface area contributed by atoms with Crippen LogP contribution in [0.25, 0.3) is 0 Å². The second-order valence-corrected chi connectivity index (χ2v) is 11.5. The molecular weight excluding hydrogens is 590 g/mol. The molecule has 2 aliphatic heterocycles. The van der Waals surface area contributed by atoms with Crippen molar-refractivity contribution in [1.82, 2.24) is 20.0 Å². The summed E-state index contributed by atoms with van der Waals surface area (Å²) in [5, 5.41) is 14.6. The maximum absolute atomic E-state index is 13.0. The fourth-order valence-electron chi connectivity index (χ4n) is 4.85. The van der Waals surface area contributed by atoms with E-state index in [2.05, 4.69) is 22.3 Å². The average Bonchev–Trinajstić information content (AvgIpc) is 3.34. The van der Waals surface area contributed by atoms with Crippen LogP contribution in [0.1, 0.15) is 12.5 Å². The van der Waals surface area contributed by atoms with Crippen molar-refractivity contribution in [1.29, 1.82) is 5.26 Å². The Labute approximate surface area is 260 Å². The number of nitriles is 1. The molecule has 2 saturated heterocycles. The molecule has 3 amide bonds. The summed E-state index contributed by atoms with van der Waals surface area (Å²) >= 11 is 1.20. The Morgan fingerprint density at radius 1 is 1.14 bits per heavy atom. The third kappa shape index (κ3) is 9.17. The number of nitrogens with one attached hydrogen (secondary N) is 2. The summed E-state index contributed by atoms with van der Waals surface area (Å²) in [4.78, 5) is 43.6. The van der Waals surface area contributed by atoms with Crippen LogP contribution in [0.3, 0.4) is 0 Å². The molecule has 2 unspecified atom stereocenters. The number of carbonyl (C=O) groups excluding carboxylic acids is 3. The van der Waals surface area contributed by atoms with Gasteiger partial charge < -0.3 is 25.2 Å². The minimum Gasteiger partial charge on any atom is -0.484 e. The smallest absolute Gasteiger partial charge is 0.260 e. The molecule has 0 spiro atoms. The molecule has 234 valence electrons. The number of hydrogen-bond acceptors (Lipinski definition) is 8. The highest BCUT2D eigenvalue weighted by Gasteiger charge is 2.36. The molecule has 2 aliphatic rings. The second kappa shape index (κ2) is 16.1. The van der Waals surface area contributed by atoms with Gasteiger partial charge in [0.15, 0.2) is 6.61 Å². The predicted octanol–water partition coefficient (Wildman–Crippen LogP) is 3.15. The highest BCUT2D eigenvalue weighted by Crippen LogP contribution is 2.36. The van der Waals surface area contributed by atoms with E-state index in [4.69, 9.17) is 4.74 Å². The summed E-state index contributed by atoms with van der Waals surface area (Å²) in [5.41, 5.74) is 1.95. The van der Waals surface area contributed by atoms with Crippen molar-refractivity contribution in [3.05, 3.63) is 71.3 Å². The number of nitrogens with zero attached hydrogens (tertiary/aromatic N) is 4. The molecule has 2 aromatic rings. The van der Waals surface area contributed by atoms with Crippen LogP contribution in [0.5, 0.6) is 5.75 Å². The Balaban J connectivity index is 1.25. The quantitative estimate of drug-likeness (QED) is 0.348. The van der Waals surface area contributed by atoms with Crippen molar-refractivity contribution in [3.63, 3.8) is 0 Å². The van der Waals surface area contributed by atoms with Crippen LogP contribution in [0, 0.1) is 17.2 Å². The first kappa shape index (κ1) is 32.8. The standard InChI is InChI=1S/C31H36F2N6O4S/c1-2-39-29(15-23(17-34)30(41)36-19-27(32)33)44-26(31(39)42)18-35-24-9-6-10-25(16-24)43-21-28(40)38-13-11-37(12-14-38)20-22-7-4-3-5-8-22/h3-10,15-16,23,26-27,35H,2,11-14,18-21H2,1H3,(H,36,41)/b29-15-. The zero-order valence-electron chi connectivity index (χ0n) is 24.5. The molecule has 0 bridgehead atoms. The Kier molecular flexibility index (Phi) is 12.0. The third-order valence-electron chi connectivity index (χ3n) is 7.21. The number of benzene rings is 2. The van der Waals surface area contributed by atoms with Crippen LogP contribution in [-0.4, -0.2) is 96.5 Å². The number of carbonyl (C=O) groups is 3. The number of ether oxygens (including phenoxy) is 1. The molecule has 0 saturated carbocycles. The van der Waals surface area contributed by atoms with E-state index in [0.717, 1.165) is 19.6 Å². The van der Waals surface area contributed by atoms with Crippen molar-refractivity contribution in [2.75, 3.05) is 57.7 Å². The van der Waals surface area contributed by atoms with Crippen LogP contribution >= 0.6 is 11.8 Å². The van der Waals surface area contributed by atoms with Crippen molar-refractivity contribution in [2.24, 2.45) is 5.92 Å². The lowest BCUT2D eigenvalue weighted by molar-refractivity contribution is -0.135. The van der Waals surface area contributed by atoms with Gasteiger partial charge in [-0.05, 0) is 30.7 Å². The molecule has 2 atom stereocenters. The molecular formula is C31H36F2N6O4S. The fourth-order valence-corrected chi connectivity index (χ4v) is 6.10. The number of piperazine rings is 1. The summed E-state index contributed by atoms with van der Waals surface area (Å²) in [6, 6.07) is 19.2. The Hall–Kier alpha value is -4.15. The van der Waals surface area contributed by atoms with Crippen LogP contribution in [0.15, 0.2) is 65.7 Å². The van der Waals surface area contributed by atoms with Crippen molar-refractivity contribution in [2.45, 2.75) is 25.1 Å². The molecule has 2 N–H and O–H groups in total. The van der Waals surface area contributed by atoms with E-state index in [0.29, 0.717) is 36.1 Å². The third-order valence-corrected chi connectivity index (χ3v) is 8.46. The van der Waals surface area contributed by atoms with Gasteiger partial charge in [-0.3, -0.25) is 19.3 Å². The normalized spacial score (nSPS) is 18.8. The highest BCUT2D eigenvalue weighted by molar-refractivity contribution is 8.04. The largest absolute Gasteiger partial charge is 0.484 e. The number of alkyl halides is 2. The number of rotatable bonds is 13. The van der Waals surface area contributed by atoms with Gasteiger partial charge in [-0.1, -0.05) is 48.2 Å². The summed E-state index contributed by atoms with van der Waals surface area (Å²) in [6.07, 6.45) is -1.39. The van der Waals surface area contributed by atoms with Crippen LogP contribution in [0.4, 0.5) is 14.5 Å². The van der Waals surface area contributed by atoms with Gasteiger partial charge in [0.05, 0.1) is 17.6 Å². The number of thioether (sulfide) groups is 1. The number of halogens is 2. The second-order valence-electron chi connectivity index (χ2n) is 10.3. The van der Waals surface area contributed by atoms with Crippen molar-refractivity contribution < 1.29 is 27.9 Å². The minimum atomic E-state index is -2.73. The van der Waals surface area contributed by atoms with E-state index in [1.54, 1.807) is 31.2 Å². The molecule has 2 heterocycles. The van der Waals surface area contributed by atoms with Gasteiger partial charge in [-0.25, -0.2) is 8.78 Å². The van der Waals surface area contributed by atoms with E-state index in [1.165, 1.54) is 28.3 Å². The van der Waals surface area contributed by atoms with Gasteiger partial charge in [0.2, 0.25) is 11.8 Å². The van der Waals surface area contributed by atoms with Gasteiger partial charge in [-0.2, -0.15) is 5.26 Å². The van der Waals surface area contributed by atoms with Gasteiger partial charge >= 0.3 is 0 Å². The van der Waals surface area contributed by atoms with Crippen LogP contribution < -0.4 is 15.4 Å². The Bertz CT molecular complexity index is 1360. The van der Waals surface area contributed by atoms with E-state index in [-0.39, 0.29) is 25.0 Å².